The lowest BCUT2D eigenvalue weighted by Gasteiger charge is -2.39. The number of piperazine rings is 1. The molecule has 2 amide bonds. The van der Waals surface area contributed by atoms with Crippen LogP contribution in [0.3, 0.4) is 0 Å². The molecule has 0 unspecified atom stereocenters. The van der Waals surface area contributed by atoms with E-state index in [2.05, 4.69) is 15.5 Å². The number of nitrogens with zero attached hydrogens (tertiary/aromatic N) is 2. The number of carbonyl (C=O) groups is 2. The number of amides is 2. The fourth-order valence-electron chi connectivity index (χ4n) is 3.64. The van der Waals surface area contributed by atoms with Gasteiger partial charge in [-0.3, -0.25) is 14.9 Å². The third kappa shape index (κ3) is 7.08. The molecule has 7 nitrogen and oxygen atoms in total. The zero-order chi connectivity index (χ0) is 24.9. The van der Waals surface area contributed by atoms with Crippen molar-refractivity contribution in [2.45, 2.75) is 27.7 Å². The molecule has 0 aliphatic carbocycles. The standard InChI is InChI=1S/C25H31ClN4O3S/c1-17-6-5-7-19(14-17)33-16-22(31)28-24(34)27-18-8-9-21(20(26)15-18)29-10-12-30(13-11-29)23(32)25(2,3)4/h5-9,14-15H,10-13,16H2,1-4H3,(H2,27,28,31,34). The molecule has 1 aliphatic heterocycles. The fraction of sp³-hybridized carbons (Fsp3) is 0.400. The van der Waals surface area contributed by atoms with Crippen molar-refractivity contribution >= 4 is 52.1 Å². The molecular formula is C25H31ClN4O3S. The van der Waals surface area contributed by atoms with Gasteiger partial charge in [-0.15, -0.1) is 0 Å². The van der Waals surface area contributed by atoms with Crippen LogP contribution in [0.2, 0.25) is 5.02 Å². The van der Waals surface area contributed by atoms with Gasteiger partial charge in [0, 0.05) is 37.3 Å². The van der Waals surface area contributed by atoms with Crippen molar-refractivity contribution in [1.29, 1.82) is 0 Å². The SMILES string of the molecule is Cc1cccc(OCC(=O)NC(=S)Nc2ccc(N3CCN(C(=O)C(C)(C)C)CC3)c(Cl)c2)c1. The number of carbonyl (C=O) groups excluding carboxylic acids is 2. The summed E-state index contributed by atoms with van der Waals surface area (Å²) in [7, 11) is 0. The highest BCUT2D eigenvalue weighted by Crippen LogP contribution is 2.30. The van der Waals surface area contributed by atoms with Gasteiger partial charge in [0.1, 0.15) is 5.75 Å². The highest BCUT2D eigenvalue weighted by molar-refractivity contribution is 7.80. The van der Waals surface area contributed by atoms with Gasteiger partial charge in [-0.05, 0) is 55.0 Å². The molecule has 0 bridgehead atoms. The van der Waals surface area contributed by atoms with Crippen LogP contribution in [0.15, 0.2) is 42.5 Å². The molecule has 3 rings (SSSR count). The van der Waals surface area contributed by atoms with Crippen molar-refractivity contribution in [1.82, 2.24) is 10.2 Å². The van der Waals surface area contributed by atoms with Crippen LogP contribution in [0.5, 0.6) is 5.75 Å². The van der Waals surface area contributed by atoms with E-state index in [9.17, 15) is 9.59 Å². The van der Waals surface area contributed by atoms with E-state index in [1.807, 2.05) is 62.9 Å². The maximum Gasteiger partial charge on any atom is 0.264 e. The molecule has 0 radical (unpaired) electrons. The van der Waals surface area contributed by atoms with Crippen molar-refractivity contribution in [3.63, 3.8) is 0 Å². The van der Waals surface area contributed by atoms with Crippen molar-refractivity contribution in [3.05, 3.63) is 53.1 Å². The zero-order valence-electron chi connectivity index (χ0n) is 20.0. The van der Waals surface area contributed by atoms with Crippen LogP contribution in [0.25, 0.3) is 0 Å². The molecular weight excluding hydrogens is 472 g/mol. The van der Waals surface area contributed by atoms with E-state index in [0.29, 0.717) is 42.6 Å². The van der Waals surface area contributed by atoms with Gasteiger partial charge in [-0.1, -0.05) is 44.5 Å². The molecule has 1 heterocycles. The van der Waals surface area contributed by atoms with Gasteiger partial charge in [-0.25, -0.2) is 0 Å². The van der Waals surface area contributed by atoms with Gasteiger partial charge in [0.15, 0.2) is 11.7 Å². The normalized spacial score (nSPS) is 13.9. The number of nitrogens with one attached hydrogen (secondary N) is 2. The summed E-state index contributed by atoms with van der Waals surface area (Å²) < 4.78 is 5.49. The first kappa shape index (κ1) is 25.8. The maximum absolute atomic E-state index is 12.5. The van der Waals surface area contributed by atoms with Crippen molar-refractivity contribution in [2.24, 2.45) is 5.41 Å². The van der Waals surface area contributed by atoms with E-state index in [0.717, 1.165) is 11.3 Å². The Morgan fingerprint density at radius 3 is 2.41 bits per heavy atom. The van der Waals surface area contributed by atoms with Crippen LogP contribution in [0.4, 0.5) is 11.4 Å². The summed E-state index contributed by atoms with van der Waals surface area (Å²) in [5, 5.41) is 6.31. The summed E-state index contributed by atoms with van der Waals surface area (Å²) >= 11 is 11.8. The number of thiocarbonyl (C=S) groups is 1. The highest BCUT2D eigenvalue weighted by atomic mass is 35.5. The quantitative estimate of drug-likeness (QED) is 0.596. The second kappa shape index (κ2) is 11.1. The van der Waals surface area contributed by atoms with Crippen LogP contribution < -0.4 is 20.3 Å². The Morgan fingerprint density at radius 1 is 1.09 bits per heavy atom. The lowest BCUT2D eigenvalue weighted by atomic mass is 9.94. The van der Waals surface area contributed by atoms with Crippen molar-refractivity contribution < 1.29 is 14.3 Å². The summed E-state index contributed by atoms with van der Waals surface area (Å²) in [6.45, 7) is 10.4. The smallest absolute Gasteiger partial charge is 0.264 e. The van der Waals surface area contributed by atoms with Gasteiger partial charge in [0.25, 0.3) is 5.91 Å². The number of ether oxygens (including phenoxy) is 1. The summed E-state index contributed by atoms with van der Waals surface area (Å²) in [5.74, 6) is 0.432. The fourth-order valence-corrected chi connectivity index (χ4v) is 4.18. The predicted molar refractivity (Wildman–Crippen MR) is 141 cm³/mol. The molecule has 9 heteroatoms. The summed E-state index contributed by atoms with van der Waals surface area (Å²) in [6.07, 6.45) is 0. The minimum absolute atomic E-state index is 0.144. The van der Waals surface area contributed by atoms with Crippen LogP contribution in [0, 0.1) is 12.3 Å². The van der Waals surface area contributed by atoms with Crippen LogP contribution in [-0.4, -0.2) is 54.6 Å². The van der Waals surface area contributed by atoms with Gasteiger partial charge in [0.05, 0.1) is 10.7 Å². The first-order valence-electron chi connectivity index (χ1n) is 11.2. The number of hydrogen-bond donors (Lipinski definition) is 2. The number of anilines is 2. The largest absolute Gasteiger partial charge is 0.484 e. The molecule has 2 aromatic rings. The third-order valence-corrected chi connectivity index (χ3v) is 5.87. The van der Waals surface area contributed by atoms with Gasteiger partial charge in [0.2, 0.25) is 5.91 Å². The molecule has 0 spiro atoms. The van der Waals surface area contributed by atoms with Crippen molar-refractivity contribution in [3.8, 4) is 5.75 Å². The topological polar surface area (TPSA) is 73.9 Å². The molecule has 2 aromatic carbocycles. The Labute approximate surface area is 211 Å². The molecule has 1 aliphatic rings. The molecule has 34 heavy (non-hydrogen) atoms. The molecule has 0 atom stereocenters. The predicted octanol–water partition coefficient (Wildman–Crippen LogP) is 4.24. The summed E-state index contributed by atoms with van der Waals surface area (Å²) in [5.41, 5.74) is 2.24. The molecule has 0 aromatic heterocycles. The summed E-state index contributed by atoms with van der Waals surface area (Å²) in [6, 6.07) is 13.0. The number of aryl methyl sites for hydroxylation is 1. The highest BCUT2D eigenvalue weighted by Gasteiger charge is 2.30. The number of rotatable bonds is 5. The van der Waals surface area contributed by atoms with E-state index in [-0.39, 0.29) is 28.9 Å². The van der Waals surface area contributed by atoms with Gasteiger partial charge >= 0.3 is 0 Å². The number of hydrogen-bond acceptors (Lipinski definition) is 5. The first-order valence-corrected chi connectivity index (χ1v) is 12.0. The van der Waals surface area contributed by atoms with Crippen LogP contribution in [-0.2, 0) is 9.59 Å². The first-order chi connectivity index (χ1) is 16.0. The third-order valence-electron chi connectivity index (χ3n) is 5.37. The average molecular weight is 503 g/mol. The second-order valence-electron chi connectivity index (χ2n) is 9.30. The lowest BCUT2D eigenvalue weighted by Crippen LogP contribution is -2.51. The van der Waals surface area contributed by atoms with Crippen molar-refractivity contribution in [2.75, 3.05) is 43.0 Å². The summed E-state index contributed by atoms with van der Waals surface area (Å²) in [4.78, 5) is 28.7. The number of halogens is 1. The second-order valence-corrected chi connectivity index (χ2v) is 10.1. The Morgan fingerprint density at radius 2 is 1.79 bits per heavy atom. The zero-order valence-corrected chi connectivity index (χ0v) is 21.6. The van der Waals surface area contributed by atoms with E-state index in [1.54, 1.807) is 12.1 Å². The molecule has 0 saturated carbocycles. The van der Waals surface area contributed by atoms with E-state index >= 15 is 0 Å². The lowest BCUT2D eigenvalue weighted by molar-refractivity contribution is -0.139. The van der Waals surface area contributed by atoms with Gasteiger partial charge in [-0.2, -0.15) is 0 Å². The minimum Gasteiger partial charge on any atom is -0.484 e. The van der Waals surface area contributed by atoms with E-state index in [4.69, 9.17) is 28.6 Å². The van der Waals surface area contributed by atoms with Crippen LogP contribution in [0.1, 0.15) is 26.3 Å². The average Bonchev–Trinajstić information content (AvgIpc) is 2.77. The molecule has 1 saturated heterocycles. The van der Waals surface area contributed by atoms with E-state index < -0.39 is 0 Å². The molecule has 182 valence electrons. The van der Waals surface area contributed by atoms with Gasteiger partial charge < -0.3 is 19.9 Å². The maximum atomic E-state index is 12.5. The Kier molecular flexibility index (Phi) is 8.38. The molecule has 1 fully saturated rings. The Hall–Kier alpha value is -2.84. The Bertz CT molecular complexity index is 1060. The molecule has 2 N–H and O–H groups in total. The minimum atomic E-state index is -0.381. The number of benzene rings is 2. The monoisotopic (exact) mass is 502 g/mol. The van der Waals surface area contributed by atoms with E-state index in [1.165, 1.54) is 0 Å². The Balaban J connectivity index is 1.49. The van der Waals surface area contributed by atoms with Crippen LogP contribution >= 0.6 is 23.8 Å².